The molecule has 2 aromatic rings. The molecule has 0 saturated carbocycles. The van der Waals surface area contributed by atoms with Crippen LogP contribution in [0.25, 0.3) is 11.1 Å². The van der Waals surface area contributed by atoms with E-state index in [4.69, 9.17) is 23.2 Å². The fourth-order valence-corrected chi connectivity index (χ4v) is 2.19. The molecule has 0 saturated heterocycles. The number of hydrogen-bond donors (Lipinski definition) is 1. The molecule has 17 heavy (non-hydrogen) atoms. The van der Waals surface area contributed by atoms with Crippen molar-refractivity contribution in [2.24, 2.45) is 0 Å². The van der Waals surface area contributed by atoms with Crippen LogP contribution in [0, 0.1) is 13.8 Å². The third-order valence-corrected chi connectivity index (χ3v) is 3.35. The number of aryl methyl sites for hydroxylation is 2. The number of hydrogen-bond acceptors (Lipinski definition) is 1. The second-order valence-corrected chi connectivity index (χ2v) is 4.93. The average molecular weight is 267 g/mol. The normalized spacial score (nSPS) is 10.6. The third kappa shape index (κ3) is 2.41. The molecule has 2 rings (SSSR count). The Hall–Kier alpha value is -1.18. The molecule has 0 fully saturated rings. The SMILES string of the molecule is Cc1ccc(-c2cc(Cl)cc(Cl)c2O)cc1C. The second-order valence-electron chi connectivity index (χ2n) is 4.08. The number of halogens is 2. The Bertz CT molecular complexity index is 577. The Morgan fingerprint density at radius 2 is 1.65 bits per heavy atom. The lowest BCUT2D eigenvalue weighted by atomic mass is 10.00. The first-order valence-electron chi connectivity index (χ1n) is 5.24. The van der Waals surface area contributed by atoms with E-state index in [0.29, 0.717) is 10.6 Å². The molecule has 0 amide bonds. The van der Waals surface area contributed by atoms with Gasteiger partial charge in [-0.15, -0.1) is 0 Å². The minimum atomic E-state index is 0.0688. The molecule has 2 aromatic carbocycles. The van der Waals surface area contributed by atoms with Crippen LogP contribution in [0.1, 0.15) is 11.1 Å². The topological polar surface area (TPSA) is 20.2 Å². The molecule has 0 bridgehead atoms. The van der Waals surface area contributed by atoms with Crippen molar-refractivity contribution in [3.63, 3.8) is 0 Å². The summed E-state index contributed by atoms with van der Waals surface area (Å²) >= 11 is 11.9. The van der Waals surface area contributed by atoms with Gasteiger partial charge in [0.15, 0.2) is 0 Å². The van der Waals surface area contributed by atoms with Crippen LogP contribution in [-0.4, -0.2) is 5.11 Å². The van der Waals surface area contributed by atoms with Crippen molar-refractivity contribution < 1.29 is 5.11 Å². The summed E-state index contributed by atoms with van der Waals surface area (Å²) in [5.41, 5.74) is 3.94. The van der Waals surface area contributed by atoms with Gasteiger partial charge in [-0.3, -0.25) is 0 Å². The van der Waals surface area contributed by atoms with Crippen molar-refractivity contribution in [3.05, 3.63) is 51.5 Å². The monoisotopic (exact) mass is 266 g/mol. The van der Waals surface area contributed by atoms with Crippen molar-refractivity contribution in [3.8, 4) is 16.9 Å². The number of aromatic hydroxyl groups is 1. The summed E-state index contributed by atoms with van der Waals surface area (Å²) in [6.07, 6.45) is 0. The molecule has 88 valence electrons. The number of phenolic OH excluding ortho intramolecular Hbond substituents is 1. The molecule has 1 N–H and O–H groups in total. The van der Waals surface area contributed by atoms with Gasteiger partial charge in [0.2, 0.25) is 0 Å². The van der Waals surface area contributed by atoms with Gasteiger partial charge in [-0.05, 0) is 42.7 Å². The number of rotatable bonds is 1. The van der Waals surface area contributed by atoms with Crippen molar-refractivity contribution in [1.29, 1.82) is 0 Å². The van der Waals surface area contributed by atoms with E-state index in [1.165, 1.54) is 11.6 Å². The van der Waals surface area contributed by atoms with Crippen LogP contribution in [0.3, 0.4) is 0 Å². The Morgan fingerprint density at radius 3 is 2.29 bits per heavy atom. The Balaban J connectivity index is 2.64. The smallest absolute Gasteiger partial charge is 0.142 e. The summed E-state index contributed by atoms with van der Waals surface area (Å²) in [6.45, 7) is 4.08. The third-order valence-electron chi connectivity index (χ3n) is 2.85. The molecule has 0 atom stereocenters. The number of benzene rings is 2. The van der Waals surface area contributed by atoms with Gasteiger partial charge in [-0.1, -0.05) is 41.4 Å². The highest BCUT2D eigenvalue weighted by Gasteiger charge is 2.10. The van der Waals surface area contributed by atoms with Crippen molar-refractivity contribution >= 4 is 23.2 Å². The molecule has 0 radical (unpaired) electrons. The molecular formula is C14H12Cl2O. The molecular weight excluding hydrogens is 255 g/mol. The lowest BCUT2D eigenvalue weighted by molar-refractivity contribution is 0.477. The lowest BCUT2D eigenvalue weighted by Crippen LogP contribution is -1.85. The standard InChI is InChI=1S/C14H12Cl2O/c1-8-3-4-10(5-9(8)2)12-6-11(15)7-13(16)14(12)17/h3-7,17H,1-2H3. The maximum Gasteiger partial charge on any atom is 0.142 e. The molecule has 0 aliphatic heterocycles. The van der Waals surface area contributed by atoms with E-state index in [9.17, 15) is 5.11 Å². The molecule has 3 heteroatoms. The van der Waals surface area contributed by atoms with Gasteiger partial charge in [0.05, 0.1) is 5.02 Å². The van der Waals surface area contributed by atoms with Gasteiger partial charge in [0.25, 0.3) is 0 Å². The van der Waals surface area contributed by atoms with E-state index in [-0.39, 0.29) is 10.8 Å². The molecule has 0 heterocycles. The van der Waals surface area contributed by atoms with Crippen LogP contribution >= 0.6 is 23.2 Å². The molecule has 0 aliphatic carbocycles. The highest BCUT2D eigenvalue weighted by atomic mass is 35.5. The Kier molecular flexibility index (Phi) is 3.32. The van der Waals surface area contributed by atoms with Crippen LogP contribution in [0.15, 0.2) is 30.3 Å². The zero-order valence-corrected chi connectivity index (χ0v) is 11.1. The van der Waals surface area contributed by atoms with Gasteiger partial charge < -0.3 is 5.11 Å². The summed E-state index contributed by atoms with van der Waals surface area (Å²) in [5, 5.41) is 10.7. The van der Waals surface area contributed by atoms with Crippen LogP contribution < -0.4 is 0 Å². The molecule has 0 unspecified atom stereocenters. The summed E-state index contributed by atoms with van der Waals surface area (Å²) in [7, 11) is 0. The van der Waals surface area contributed by atoms with Gasteiger partial charge in [0, 0.05) is 10.6 Å². The minimum Gasteiger partial charge on any atom is -0.506 e. The van der Waals surface area contributed by atoms with E-state index < -0.39 is 0 Å². The lowest BCUT2D eigenvalue weighted by Gasteiger charge is -2.09. The number of phenols is 1. The fourth-order valence-electron chi connectivity index (χ4n) is 1.69. The van der Waals surface area contributed by atoms with Crippen LogP contribution in [0.4, 0.5) is 0 Å². The molecule has 1 nitrogen and oxygen atoms in total. The summed E-state index contributed by atoms with van der Waals surface area (Å²) in [5.74, 6) is 0.0688. The average Bonchev–Trinajstić information content (AvgIpc) is 2.27. The van der Waals surface area contributed by atoms with E-state index in [1.807, 2.05) is 32.0 Å². The second kappa shape index (κ2) is 4.59. The summed E-state index contributed by atoms with van der Waals surface area (Å²) in [6, 6.07) is 9.22. The zero-order chi connectivity index (χ0) is 12.6. The first kappa shape index (κ1) is 12.3. The highest BCUT2D eigenvalue weighted by molar-refractivity contribution is 6.36. The van der Waals surface area contributed by atoms with Crippen LogP contribution in [0.5, 0.6) is 5.75 Å². The van der Waals surface area contributed by atoms with E-state index in [2.05, 4.69) is 0 Å². The largest absolute Gasteiger partial charge is 0.506 e. The summed E-state index contributed by atoms with van der Waals surface area (Å²) in [4.78, 5) is 0. The predicted octanol–water partition coefficient (Wildman–Crippen LogP) is 4.98. The quantitative estimate of drug-likeness (QED) is 0.772. The van der Waals surface area contributed by atoms with Crippen LogP contribution in [-0.2, 0) is 0 Å². The van der Waals surface area contributed by atoms with Gasteiger partial charge >= 0.3 is 0 Å². The van der Waals surface area contributed by atoms with E-state index in [0.717, 1.165) is 11.1 Å². The Morgan fingerprint density at radius 1 is 0.941 bits per heavy atom. The van der Waals surface area contributed by atoms with Gasteiger partial charge in [-0.2, -0.15) is 0 Å². The van der Waals surface area contributed by atoms with Gasteiger partial charge in [-0.25, -0.2) is 0 Å². The molecule has 0 aliphatic rings. The fraction of sp³-hybridized carbons (Fsp3) is 0.143. The first-order valence-corrected chi connectivity index (χ1v) is 6.00. The van der Waals surface area contributed by atoms with Crippen molar-refractivity contribution in [1.82, 2.24) is 0 Å². The zero-order valence-electron chi connectivity index (χ0n) is 9.59. The van der Waals surface area contributed by atoms with Crippen molar-refractivity contribution in [2.75, 3.05) is 0 Å². The first-order chi connectivity index (χ1) is 7.99. The predicted molar refractivity (Wildman–Crippen MR) is 73.0 cm³/mol. The summed E-state index contributed by atoms with van der Waals surface area (Å²) < 4.78 is 0. The highest BCUT2D eigenvalue weighted by Crippen LogP contribution is 2.38. The molecule has 0 aromatic heterocycles. The van der Waals surface area contributed by atoms with Gasteiger partial charge in [0.1, 0.15) is 5.75 Å². The van der Waals surface area contributed by atoms with E-state index >= 15 is 0 Å². The minimum absolute atomic E-state index is 0.0688. The van der Waals surface area contributed by atoms with Crippen LogP contribution in [0.2, 0.25) is 10.0 Å². The maximum atomic E-state index is 9.95. The molecule has 0 spiro atoms. The van der Waals surface area contributed by atoms with Crippen molar-refractivity contribution in [2.45, 2.75) is 13.8 Å². The maximum absolute atomic E-state index is 9.95. The van der Waals surface area contributed by atoms with E-state index in [1.54, 1.807) is 6.07 Å². The Labute approximate surface area is 111 Å².